The van der Waals surface area contributed by atoms with Gasteiger partial charge in [-0.15, -0.1) is 11.3 Å². The molecule has 0 bridgehead atoms. The molecule has 11 heteroatoms. The van der Waals surface area contributed by atoms with Gasteiger partial charge in [0.05, 0.1) is 18.3 Å². The smallest absolute Gasteiger partial charge is 0.368 e. The Morgan fingerprint density at radius 1 is 0.971 bits per heavy atom. The minimum Gasteiger partial charge on any atom is -0.368 e. The van der Waals surface area contributed by atoms with Crippen LogP contribution in [0.3, 0.4) is 0 Å². The number of hydrogen-bond acceptors (Lipinski definition) is 5. The molecular weight excluding hydrogens is 521 g/mol. The monoisotopic (exact) mass is 544 g/mol. The largest absolute Gasteiger partial charge is 0.416 e. The van der Waals surface area contributed by atoms with E-state index in [2.05, 4.69) is 4.90 Å². The van der Waals surface area contributed by atoms with Gasteiger partial charge in [0.25, 0.3) is 10.0 Å². The predicted molar refractivity (Wildman–Crippen MR) is 130 cm³/mol. The van der Waals surface area contributed by atoms with Crippen LogP contribution in [0, 0.1) is 0 Å². The van der Waals surface area contributed by atoms with E-state index in [-0.39, 0.29) is 12.7 Å². The molecule has 0 spiro atoms. The molecule has 1 fully saturated rings. The number of nitrogens with zero attached hydrogens (tertiary/aromatic N) is 2. The van der Waals surface area contributed by atoms with Gasteiger partial charge < -0.3 is 4.74 Å². The van der Waals surface area contributed by atoms with E-state index in [0.717, 1.165) is 17.7 Å². The predicted octanol–water partition coefficient (Wildman–Crippen LogP) is 5.68. The number of piperazine rings is 1. The highest BCUT2D eigenvalue weighted by Crippen LogP contribution is 2.30. The molecule has 0 unspecified atom stereocenters. The van der Waals surface area contributed by atoms with Crippen LogP contribution in [0.25, 0.3) is 0 Å². The minimum atomic E-state index is -4.38. The third-order valence-corrected chi connectivity index (χ3v) is 9.34. The van der Waals surface area contributed by atoms with E-state index in [9.17, 15) is 21.6 Å². The van der Waals surface area contributed by atoms with Crippen LogP contribution in [-0.2, 0) is 27.5 Å². The fourth-order valence-corrected chi connectivity index (χ4v) is 6.54. The molecule has 2 aromatic carbocycles. The summed E-state index contributed by atoms with van der Waals surface area (Å²) < 4.78 is 72.1. The van der Waals surface area contributed by atoms with Gasteiger partial charge in [-0.05, 0) is 46.8 Å². The lowest BCUT2D eigenvalue weighted by Gasteiger charge is -2.35. The van der Waals surface area contributed by atoms with Gasteiger partial charge >= 0.3 is 6.18 Å². The number of thiophene rings is 1. The lowest BCUT2D eigenvalue weighted by atomic mass is 10.1. The van der Waals surface area contributed by atoms with Gasteiger partial charge in [0.2, 0.25) is 0 Å². The van der Waals surface area contributed by atoms with Crippen LogP contribution in [-0.4, -0.2) is 50.3 Å². The van der Waals surface area contributed by atoms with E-state index >= 15 is 0 Å². The molecule has 0 amide bonds. The van der Waals surface area contributed by atoms with Gasteiger partial charge in [-0.3, -0.25) is 4.90 Å². The van der Waals surface area contributed by atoms with Crippen molar-refractivity contribution in [1.82, 2.24) is 9.21 Å². The van der Waals surface area contributed by atoms with Crippen molar-refractivity contribution in [2.45, 2.75) is 23.1 Å². The summed E-state index contributed by atoms with van der Waals surface area (Å²) in [6, 6.07) is 15.5. The van der Waals surface area contributed by atoms with Crippen molar-refractivity contribution >= 4 is 33.0 Å². The summed E-state index contributed by atoms with van der Waals surface area (Å²) in [4.78, 5) is 2.13. The van der Waals surface area contributed by atoms with Gasteiger partial charge in [-0.2, -0.15) is 17.5 Å². The molecule has 1 aliphatic rings. The second-order valence-electron chi connectivity index (χ2n) is 8.18. The number of sulfonamides is 1. The van der Waals surface area contributed by atoms with Crippen molar-refractivity contribution in [3.63, 3.8) is 0 Å². The molecule has 188 valence electrons. The van der Waals surface area contributed by atoms with E-state index in [0.29, 0.717) is 47.5 Å². The average molecular weight is 545 g/mol. The van der Waals surface area contributed by atoms with Crippen LogP contribution in [0.2, 0.25) is 5.02 Å². The Morgan fingerprint density at radius 3 is 2.20 bits per heavy atom. The van der Waals surface area contributed by atoms with Crippen LogP contribution in [0.4, 0.5) is 13.2 Å². The van der Waals surface area contributed by atoms with E-state index in [1.54, 1.807) is 29.6 Å². The lowest BCUT2D eigenvalue weighted by Crippen LogP contribution is -2.49. The molecule has 3 aromatic rings. The van der Waals surface area contributed by atoms with E-state index in [1.807, 2.05) is 12.1 Å². The van der Waals surface area contributed by atoms with E-state index in [1.165, 1.54) is 27.8 Å². The fourth-order valence-electron chi connectivity index (χ4n) is 3.84. The zero-order valence-corrected chi connectivity index (χ0v) is 21.0. The molecular formula is C24H24ClF3N2O3S2. The van der Waals surface area contributed by atoms with Crippen LogP contribution >= 0.6 is 22.9 Å². The second-order valence-corrected chi connectivity index (χ2v) is 11.7. The first-order valence-electron chi connectivity index (χ1n) is 10.9. The highest BCUT2D eigenvalue weighted by atomic mass is 35.5. The highest BCUT2D eigenvalue weighted by Gasteiger charge is 2.31. The molecule has 1 aromatic heterocycles. The van der Waals surface area contributed by atoms with Crippen molar-refractivity contribution in [1.29, 1.82) is 0 Å². The quantitative estimate of drug-likeness (QED) is 0.366. The molecule has 0 aliphatic carbocycles. The Hall–Kier alpha value is -1.95. The fraction of sp³-hybridized carbons (Fsp3) is 0.333. The molecule has 5 nitrogen and oxygen atoms in total. The molecule has 0 saturated carbocycles. The third kappa shape index (κ3) is 6.63. The summed E-state index contributed by atoms with van der Waals surface area (Å²) in [6.07, 6.45) is -4.75. The molecule has 0 radical (unpaired) electrons. The van der Waals surface area contributed by atoms with Crippen molar-refractivity contribution in [3.05, 3.63) is 87.8 Å². The Balaban J connectivity index is 1.41. The lowest BCUT2D eigenvalue weighted by molar-refractivity contribution is -0.137. The van der Waals surface area contributed by atoms with E-state index < -0.39 is 21.8 Å². The molecule has 0 N–H and O–H groups in total. The molecule has 2 heterocycles. The first kappa shape index (κ1) is 26.1. The Labute approximate surface area is 211 Å². The van der Waals surface area contributed by atoms with Crippen molar-refractivity contribution < 1.29 is 26.3 Å². The zero-order valence-electron chi connectivity index (χ0n) is 18.6. The van der Waals surface area contributed by atoms with Crippen LogP contribution < -0.4 is 0 Å². The minimum absolute atomic E-state index is 0.137. The normalized spacial score (nSPS) is 16.9. The standard InChI is InChI=1S/C24H24ClF3N2O3S2/c25-21-9-5-19(6-10-21)22(33-17-18-3-7-20(8-4-18)24(26,27)28)16-29-11-13-30(14-12-29)35(31,32)23-2-1-15-34-23/h1-10,15,22H,11-14,16-17H2/t22-/m0/s1. The Kier molecular flexibility index (Phi) is 8.19. The second kappa shape index (κ2) is 11.0. The number of ether oxygens (including phenoxy) is 1. The van der Waals surface area contributed by atoms with Crippen LogP contribution in [0.5, 0.6) is 0 Å². The van der Waals surface area contributed by atoms with Gasteiger partial charge in [0.1, 0.15) is 4.21 Å². The molecule has 35 heavy (non-hydrogen) atoms. The highest BCUT2D eigenvalue weighted by molar-refractivity contribution is 7.91. The van der Waals surface area contributed by atoms with Gasteiger partial charge in [-0.25, -0.2) is 8.42 Å². The first-order chi connectivity index (χ1) is 16.6. The number of benzene rings is 2. The molecule has 1 aliphatic heterocycles. The topological polar surface area (TPSA) is 49.9 Å². The Bertz CT molecular complexity index is 1190. The summed E-state index contributed by atoms with van der Waals surface area (Å²) in [6.45, 7) is 2.46. The maximum Gasteiger partial charge on any atom is 0.416 e. The summed E-state index contributed by atoms with van der Waals surface area (Å²) in [7, 11) is -3.49. The molecule has 1 atom stereocenters. The van der Waals surface area contributed by atoms with Gasteiger partial charge in [-0.1, -0.05) is 41.9 Å². The molecule has 1 saturated heterocycles. The van der Waals surface area contributed by atoms with Crippen molar-refractivity contribution in [3.8, 4) is 0 Å². The third-order valence-electron chi connectivity index (χ3n) is 5.82. The van der Waals surface area contributed by atoms with Gasteiger partial charge in [0, 0.05) is 37.7 Å². The van der Waals surface area contributed by atoms with Crippen molar-refractivity contribution in [2.75, 3.05) is 32.7 Å². The summed E-state index contributed by atoms with van der Waals surface area (Å²) in [5.74, 6) is 0. The van der Waals surface area contributed by atoms with Crippen LogP contribution in [0.15, 0.2) is 70.3 Å². The maximum absolute atomic E-state index is 12.8. The van der Waals surface area contributed by atoms with Crippen molar-refractivity contribution in [2.24, 2.45) is 0 Å². The maximum atomic E-state index is 12.8. The van der Waals surface area contributed by atoms with E-state index in [4.69, 9.17) is 16.3 Å². The van der Waals surface area contributed by atoms with Crippen LogP contribution in [0.1, 0.15) is 22.8 Å². The summed E-state index contributed by atoms with van der Waals surface area (Å²) >= 11 is 7.23. The number of rotatable bonds is 8. The number of hydrogen-bond donors (Lipinski definition) is 0. The number of halogens is 4. The Morgan fingerprint density at radius 2 is 1.63 bits per heavy atom. The first-order valence-corrected chi connectivity index (χ1v) is 13.6. The SMILES string of the molecule is O=S(=O)(c1cccs1)N1CCN(C[C@H](OCc2ccc(C(F)(F)F)cc2)c2ccc(Cl)cc2)CC1. The number of alkyl halides is 3. The summed E-state index contributed by atoms with van der Waals surface area (Å²) in [5.41, 5.74) is 0.810. The summed E-state index contributed by atoms with van der Waals surface area (Å²) in [5, 5.41) is 2.33. The van der Waals surface area contributed by atoms with Gasteiger partial charge in [0.15, 0.2) is 0 Å². The zero-order chi connectivity index (χ0) is 25.1. The molecule has 4 rings (SSSR count). The average Bonchev–Trinajstić information content (AvgIpc) is 3.38.